The smallest absolute Gasteiger partial charge is 0.216 e. The standard InChI is InChI=1S/C25H28N4O4/c1-25(2)32-23-17(15-30)12-21(24(23)33-25)27-19-8-10-26-13-18(19)22(31)20-9-11-29(28-20)14-16-6-4-3-5-7-16/h3-11,13,17,21,23-24,30H,12,14-15H2,1-2H3,(H,26,27)/t17-,21-,23-,24+/m1/s1. The summed E-state index contributed by atoms with van der Waals surface area (Å²) in [5.74, 6) is -0.926. The Morgan fingerprint density at radius 1 is 1.18 bits per heavy atom. The molecule has 0 radical (unpaired) electrons. The molecule has 2 N–H and O–H groups in total. The first-order valence-electron chi connectivity index (χ1n) is 11.2. The lowest BCUT2D eigenvalue weighted by Gasteiger charge is -2.24. The summed E-state index contributed by atoms with van der Waals surface area (Å²) < 4.78 is 13.9. The molecule has 3 heterocycles. The highest BCUT2D eigenvalue weighted by atomic mass is 16.8. The van der Waals surface area contributed by atoms with Crippen molar-refractivity contribution in [3.05, 3.63) is 77.9 Å². The van der Waals surface area contributed by atoms with Crippen LogP contribution in [0.1, 0.15) is 41.9 Å². The van der Waals surface area contributed by atoms with Crippen LogP contribution in [0, 0.1) is 5.92 Å². The Morgan fingerprint density at radius 3 is 2.76 bits per heavy atom. The molecule has 1 aliphatic carbocycles. The third kappa shape index (κ3) is 4.42. The quantitative estimate of drug-likeness (QED) is 0.536. The zero-order valence-electron chi connectivity index (χ0n) is 18.7. The minimum Gasteiger partial charge on any atom is -0.396 e. The molecule has 2 aromatic heterocycles. The van der Waals surface area contributed by atoms with Crippen LogP contribution in [0.4, 0.5) is 5.69 Å². The number of ether oxygens (including phenoxy) is 2. The predicted octanol–water partition coefficient (Wildman–Crippen LogP) is 2.87. The molecule has 2 aliphatic rings. The number of benzene rings is 1. The van der Waals surface area contributed by atoms with Gasteiger partial charge in [-0.2, -0.15) is 5.10 Å². The average Bonchev–Trinajstić information content (AvgIpc) is 3.48. The number of carbonyl (C=O) groups excluding carboxylic acids is 1. The lowest BCUT2D eigenvalue weighted by molar-refractivity contribution is -0.158. The van der Waals surface area contributed by atoms with E-state index in [1.165, 1.54) is 0 Å². The summed E-state index contributed by atoms with van der Waals surface area (Å²) in [7, 11) is 0. The van der Waals surface area contributed by atoms with E-state index in [9.17, 15) is 9.90 Å². The van der Waals surface area contributed by atoms with Gasteiger partial charge in [0.2, 0.25) is 5.78 Å². The minimum atomic E-state index is -0.703. The Balaban J connectivity index is 1.35. The number of pyridine rings is 1. The number of nitrogens with zero attached hydrogens (tertiary/aromatic N) is 3. The van der Waals surface area contributed by atoms with Crippen molar-refractivity contribution in [1.82, 2.24) is 14.8 Å². The summed E-state index contributed by atoms with van der Waals surface area (Å²) >= 11 is 0. The molecule has 0 amide bonds. The van der Waals surface area contributed by atoms with Crippen LogP contribution < -0.4 is 5.32 Å². The average molecular weight is 449 g/mol. The van der Waals surface area contributed by atoms with Gasteiger partial charge in [-0.15, -0.1) is 0 Å². The van der Waals surface area contributed by atoms with E-state index in [1.54, 1.807) is 29.2 Å². The van der Waals surface area contributed by atoms with Crippen LogP contribution >= 0.6 is 0 Å². The fraction of sp³-hybridized carbons (Fsp3) is 0.400. The number of anilines is 1. The maximum atomic E-state index is 13.3. The number of aromatic nitrogens is 3. The lowest BCUT2D eigenvalue weighted by Crippen LogP contribution is -2.34. The fourth-order valence-corrected chi connectivity index (χ4v) is 4.79. The minimum absolute atomic E-state index is 0.0241. The molecule has 1 saturated carbocycles. The largest absolute Gasteiger partial charge is 0.396 e. The molecule has 172 valence electrons. The molecule has 1 aliphatic heterocycles. The highest BCUT2D eigenvalue weighted by molar-refractivity contribution is 6.11. The molecule has 33 heavy (non-hydrogen) atoms. The summed E-state index contributed by atoms with van der Waals surface area (Å²) in [6.45, 7) is 4.38. The number of carbonyl (C=O) groups is 1. The van der Waals surface area contributed by atoms with Gasteiger partial charge >= 0.3 is 0 Å². The molecule has 1 saturated heterocycles. The van der Waals surface area contributed by atoms with Crippen LogP contribution in [0.25, 0.3) is 0 Å². The molecule has 4 atom stereocenters. The van der Waals surface area contributed by atoms with Crippen LogP contribution in [0.3, 0.4) is 0 Å². The van der Waals surface area contributed by atoms with Crippen LogP contribution in [0.2, 0.25) is 0 Å². The van der Waals surface area contributed by atoms with Gasteiger partial charge in [-0.3, -0.25) is 14.5 Å². The van der Waals surface area contributed by atoms with Gasteiger partial charge in [0.15, 0.2) is 5.79 Å². The first kappa shape index (κ1) is 21.8. The van der Waals surface area contributed by atoms with Gasteiger partial charge in [0, 0.05) is 36.8 Å². The molecular weight excluding hydrogens is 420 g/mol. The summed E-state index contributed by atoms with van der Waals surface area (Å²) in [6.07, 6.45) is 5.31. The first-order chi connectivity index (χ1) is 15.9. The van der Waals surface area contributed by atoms with Crippen molar-refractivity contribution >= 4 is 11.5 Å². The topological polar surface area (TPSA) is 98.5 Å². The number of hydrogen-bond donors (Lipinski definition) is 2. The zero-order chi connectivity index (χ0) is 23.0. The number of ketones is 1. The number of aliphatic hydroxyl groups is 1. The van der Waals surface area contributed by atoms with E-state index in [4.69, 9.17) is 9.47 Å². The second-order valence-corrected chi connectivity index (χ2v) is 9.13. The van der Waals surface area contributed by atoms with E-state index in [0.29, 0.717) is 29.9 Å². The van der Waals surface area contributed by atoms with E-state index >= 15 is 0 Å². The Bertz CT molecular complexity index is 1130. The molecule has 1 aromatic carbocycles. The highest BCUT2D eigenvalue weighted by Crippen LogP contribution is 2.42. The van der Waals surface area contributed by atoms with Crippen molar-refractivity contribution in [3.63, 3.8) is 0 Å². The maximum absolute atomic E-state index is 13.3. The summed E-state index contributed by atoms with van der Waals surface area (Å²) in [5, 5.41) is 17.8. The van der Waals surface area contributed by atoms with E-state index in [0.717, 1.165) is 5.56 Å². The maximum Gasteiger partial charge on any atom is 0.216 e. The molecule has 5 rings (SSSR count). The molecule has 0 spiro atoms. The van der Waals surface area contributed by atoms with E-state index in [-0.39, 0.29) is 36.6 Å². The number of nitrogens with one attached hydrogen (secondary N) is 1. The highest BCUT2D eigenvalue weighted by Gasteiger charge is 2.53. The van der Waals surface area contributed by atoms with E-state index < -0.39 is 5.79 Å². The molecule has 3 aromatic rings. The van der Waals surface area contributed by atoms with Gasteiger partial charge in [-0.1, -0.05) is 30.3 Å². The Labute approximate surface area is 192 Å². The second kappa shape index (κ2) is 8.70. The molecular formula is C25H28N4O4. The van der Waals surface area contributed by atoms with Crippen molar-refractivity contribution < 1.29 is 19.4 Å². The number of hydrogen-bond acceptors (Lipinski definition) is 7. The van der Waals surface area contributed by atoms with Crippen LogP contribution in [-0.2, 0) is 16.0 Å². The van der Waals surface area contributed by atoms with Gasteiger partial charge in [0.1, 0.15) is 11.8 Å². The SMILES string of the molecule is CC1(C)O[C@@H]2[C@@H](CO)C[C@@H](Nc3ccncc3C(=O)c3ccn(Cc4ccccc4)n3)[C@@H]2O1. The third-order valence-corrected chi connectivity index (χ3v) is 6.28. The van der Waals surface area contributed by atoms with Crippen LogP contribution in [0.15, 0.2) is 61.1 Å². The normalized spacial score (nSPS) is 25.7. The Morgan fingerprint density at radius 2 is 1.97 bits per heavy atom. The lowest BCUT2D eigenvalue weighted by atomic mass is 10.1. The van der Waals surface area contributed by atoms with Crippen molar-refractivity contribution in [3.8, 4) is 0 Å². The van der Waals surface area contributed by atoms with Gasteiger partial charge in [0.25, 0.3) is 0 Å². The number of fused-ring (bicyclic) bond motifs is 1. The van der Waals surface area contributed by atoms with Gasteiger partial charge in [-0.25, -0.2) is 0 Å². The van der Waals surface area contributed by atoms with Gasteiger partial charge in [0.05, 0.1) is 24.3 Å². The second-order valence-electron chi connectivity index (χ2n) is 9.13. The molecule has 8 nitrogen and oxygen atoms in total. The molecule has 0 unspecified atom stereocenters. The van der Waals surface area contributed by atoms with Crippen LogP contribution in [-0.4, -0.2) is 56.3 Å². The van der Waals surface area contributed by atoms with Crippen LogP contribution in [0.5, 0.6) is 0 Å². The summed E-state index contributed by atoms with van der Waals surface area (Å²) in [5.41, 5.74) is 2.59. The molecule has 0 bridgehead atoms. The monoisotopic (exact) mass is 448 g/mol. The number of rotatable bonds is 7. The van der Waals surface area contributed by atoms with Crippen molar-refractivity contribution in [2.45, 2.75) is 50.8 Å². The van der Waals surface area contributed by atoms with Gasteiger partial charge in [-0.05, 0) is 38.0 Å². The van der Waals surface area contributed by atoms with E-state index in [2.05, 4.69) is 15.4 Å². The van der Waals surface area contributed by atoms with Crippen molar-refractivity contribution in [2.75, 3.05) is 11.9 Å². The van der Waals surface area contributed by atoms with Gasteiger partial charge < -0.3 is 19.9 Å². The Kier molecular flexibility index (Phi) is 5.74. The summed E-state index contributed by atoms with van der Waals surface area (Å²) in [6, 6.07) is 13.4. The fourth-order valence-electron chi connectivity index (χ4n) is 4.79. The number of aliphatic hydroxyl groups excluding tert-OH is 1. The molecule has 2 fully saturated rings. The predicted molar refractivity (Wildman–Crippen MR) is 122 cm³/mol. The van der Waals surface area contributed by atoms with Crippen molar-refractivity contribution in [2.24, 2.45) is 5.92 Å². The van der Waals surface area contributed by atoms with E-state index in [1.807, 2.05) is 50.4 Å². The zero-order valence-corrected chi connectivity index (χ0v) is 18.7. The third-order valence-electron chi connectivity index (χ3n) is 6.28. The molecule has 8 heteroatoms. The van der Waals surface area contributed by atoms with Crippen molar-refractivity contribution in [1.29, 1.82) is 0 Å². The Hall–Kier alpha value is -3.07. The first-order valence-corrected chi connectivity index (χ1v) is 11.2. The summed E-state index contributed by atoms with van der Waals surface area (Å²) in [4.78, 5) is 17.5.